The number of amides is 1. The van der Waals surface area contributed by atoms with E-state index in [1.807, 2.05) is 0 Å². The molecule has 1 heterocycles. The van der Waals surface area contributed by atoms with Gasteiger partial charge in [0.2, 0.25) is 0 Å². The quantitative estimate of drug-likeness (QED) is 0.921. The summed E-state index contributed by atoms with van der Waals surface area (Å²) in [5.41, 5.74) is 6.13. The summed E-state index contributed by atoms with van der Waals surface area (Å²) in [5, 5.41) is 0. The minimum Gasteiger partial charge on any atom is -0.435 e. The van der Waals surface area contributed by atoms with Crippen molar-refractivity contribution in [3.8, 4) is 5.75 Å². The molecule has 124 valence electrons. The van der Waals surface area contributed by atoms with E-state index in [1.54, 1.807) is 11.0 Å². The fourth-order valence-corrected chi connectivity index (χ4v) is 2.83. The molecule has 0 radical (unpaired) electrons. The van der Waals surface area contributed by atoms with E-state index in [-0.39, 0.29) is 30.1 Å². The Bertz CT molecular complexity index is 502. The van der Waals surface area contributed by atoms with Crippen LogP contribution >= 0.6 is 12.4 Å². The van der Waals surface area contributed by atoms with Crippen molar-refractivity contribution < 1.29 is 18.3 Å². The van der Waals surface area contributed by atoms with Crippen LogP contribution in [0.5, 0.6) is 5.75 Å². The van der Waals surface area contributed by atoms with Crippen LogP contribution < -0.4 is 10.5 Å². The summed E-state index contributed by atoms with van der Waals surface area (Å²) in [5.74, 6) is 0.148. The molecule has 1 aromatic carbocycles. The van der Waals surface area contributed by atoms with E-state index < -0.39 is 6.61 Å². The summed E-state index contributed by atoms with van der Waals surface area (Å²) in [6.45, 7) is 0.223. The Hall–Kier alpha value is -1.40. The number of nitrogens with zero attached hydrogens (tertiary/aromatic N) is 1. The first-order valence-electron chi connectivity index (χ1n) is 7.09. The number of hydrogen-bond acceptors (Lipinski definition) is 3. The molecular formula is C15H21ClF2N2O2. The number of halogens is 3. The standard InChI is InChI=1S/C15H20F2N2O2.ClH/c1-10-4-3-7-19(13(10)9-18)14(20)11-5-2-6-12(8-11)21-15(16)17;/h2,5-6,8,10,13,15H,3-4,7,9,18H2,1H3;1H. The first kappa shape index (κ1) is 18.6. The summed E-state index contributed by atoms with van der Waals surface area (Å²) in [6.07, 6.45) is 1.97. The van der Waals surface area contributed by atoms with Crippen LogP contribution in [0.1, 0.15) is 30.1 Å². The molecule has 1 fully saturated rings. The molecule has 1 saturated heterocycles. The molecule has 1 aliphatic heterocycles. The highest BCUT2D eigenvalue weighted by Crippen LogP contribution is 2.25. The smallest absolute Gasteiger partial charge is 0.387 e. The largest absolute Gasteiger partial charge is 0.435 e. The van der Waals surface area contributed by atoms with Crippen molar-refractivity contribution in [2.45, 2.75) is 32.4 Å². The van der Waals surface area contributed by atoms with Crippen LogP contribution in [-0.4, -0.2) is 36.5 Å². The topological polar surface area (TPSA) is 55.6 Å². The Balaban J connectivity index is 0.00000242. The zero-order valence-corrected chi connectivity index (χ0v) is 13.2. The highest BCUT2D eigenvalue weighted by atomic mass is 35.5. The van der Waals surface area contributed by atoms with Crippen LogP contribution in [-0.2, 0) is 0 Å². The highest BCUT2D eigenvalue weighted by molar-refractivity contribution is 5.95. The van der Waals surface area contributed by atoms with Crippen LogP contribution in [0.15, 0.2) is 24.3 Å². The van der Waals surface area contributed by atoms with Crippen LogP contribution in [0.2, 0.25) is 0 Å². The minimum atomic E-state index is -2.90. The fraction of sp³-hybridized carbons (Fsp3) is 0.533. The highest BCUT2D eigenvalue weighted by Gasteiger charge is 2.31. The van der Waals surface area contributed by atoms with Crippen molar-refractivity contribution >= 4 is 18.3 Å². The SMILES string of the molecule is CC1CCCN(C(=O)c2cccc(OC(F)F)c2)C1CN.Cl. The minimum absolute atomic E-state index is 0. The Labute approximate surface area is 135 Å². The summed E-state index contributed by atoms with van der Waals surface area (Å²) < 4.78 is 28.8. The number of carbonyl (C=O) groups is 1. The molecule has 0 bridgehead atoms. The van der Waals surface area contributed by atoms with Gasteiger partial charge in [-0.1, -0.05) is 13.0 Å². The van der Waals surface area contributed by atoms with E-state index in [0.29, 0.717) is 24.6 Å². The van der Waals surface area contributed by atoms with Crippen LogP contribution in [0.3, 0.4) is 0 Å². The number of alkyl halides is 2. The van der Waals surface area contributed by atoms with Crippen molar-refractivity contribution in [1.29, 1.82) is 0 Å². The van der Waals surface area contributed by atoms with Crippen molar-refractivity contribution in [2.24, 2.45) is 11.7 Å². The number of likely N-dealkylation sites (tertiary alicyclic amines) is 1. The predicted molar refractivity (Wildman–Crippen MR) is 82.6 cm³/mol. The van der Waals surface area contributed by atoms with Gasteiger partial charge in [0.15, 0.2) is 0 Å². The summed E-state index contributed by atoms with van der Waals surface area (Å²) >= 11 is 0. The molecule has 22 heavy (non-hydrogen) atoms. The van der Waals surface area contributed by atoms with Gasteiger partial charge in [-0.05, 0) is 37.0 Å². The molecule has 1 aromatic rings. The first-order chi connectivity index (χ1) is 10.0. The molecule has 2 atom stereocenters. The van der Waals surface area contributed by atoms with Gasteiger partial charge in [0.05, 0.1) is 0 Å². The maximum Gasteiger partial charge on any atom is 0.387 e. The monoisotopic (exact) mass is 334 g/mol. The van der Waals surface area contributed by atoms with Crippen LogP contribution in [0.4, 0.5) is 8.78 Å². The first-order valence-corrected chi connectivity index (χ1v) is 7.09. The molecule has 1 amide bonds. The average molecular weight is 335 g/mol. The average Bonchev–Trinajstić information content (AvgIpc) is 2.45. The molecule has 2 N–H and O–H groups in total. The second kappa shape index (κ2) is 8.29. The Morgan fingerprint density at radius 1 is 1.50 bits per heavy atom. The molecule has 0 saturated carbocycles. The lowest BCUT2D eigenvalue weighted by atomic mass is 9.90. The Morgan fingerprint density at radius 2 is 2.23 bits per heavy atom. The summed E-state index contributed by atoms with van der Waals surface area (Å²) in [6, 6.07) is 5.89. The fourth-order valence-electron chi connectivity index (χ4n) is 2.83. The van der Waals surface area contributed by atoms with E-state index >= 15 is 0 Å². The second-order valence-corrected chi connectivity index (χ2v) is 5.33. The number of ether oxygens (including phenoxy) is 1. The van der Waals surface area contributed by atoms with Crippen LogP contribution in [0, 0.1) is 5.92 Å². The third-order valence-electron chi connectivity index (χ3n) is 3.92. The zero-order chi connectivity index (χ0) is 15.4. The van der Waals surface area contributed by atoms with Crippen molar-refractivity contribution in [3.05, 3.63) is 29.8 Å². The predicted octanol–water partition coefficient (Wildman–Crippen LogP) is 2.91. The third-order valence-corrected chi connectivity index (χ3v) is 3.92. The van der Waals surface area contributed by atoms with Crippen molar-refractivity contribution in [3.63, 3.8) is 0 Å². The molecule has 4 nitrogen and oxygen atoms in total. The van der Waals surface area contributed by atoms with E-state index in [9.17, 15) is 13.6 Å². The summed E-state index contributed by atoms with van der Waals surface area (Å²) in [4.78, 5) is 14.3. The molecule has 0 aromatic heterocycles. The Morgan fingerprint density at radius 3 is 2.86 bits per heavy atom. The van der Waals surface area contributed by atoms with E-state index in [2.05, 4.69) is 11.7 Å². The van der Waals surface area contributed by atoms with Gasteiger partial charge in [-0.15, -0.1) is 12.4 Å². The maximum absolute atomic E-state index is 12.6. The van der Waals surface area contributed by atoms with Gasteiger partial charge in [0.25, 0.3) is 5.91 Å². The van der Waals surface area contributed by atoms with E-state index in [4.69, 9.17) is 5.73 Å². The zero-order valence-electron chi connectivity index (χ0n) is 12.4. The van der Waals surface area contributed by atoms with Gasteiger partial charge < -0.3 is 15.4 Å². The van der Waals surface area contributed by atoms with Crippen molar-refractivity contribution in [2.75, 3.05) is 13.1 Å². The van der Waals surface area contributed by atoms with Gasteiger partial charge in [0, 0.05) is 24.7 Å². The molecule has 0 aliphatic carbocycles. The lowest BCUT2D eigenvalue weighted by Gasteiger charge is -2.39. The second-order valence-electron chi connectivity index (χ2n) is 5.33. The Kier molecular flexibility index (Phi) is 7.03. The number of piperidine rings is 1. The number of nitrogens with two attached hydrogens (primary N) is 1. The molecule has 2 unspecified atom stereocenters. The van der Waals surface area contributed by atoms with E-state index in [1.165, 1.54) is 18.2 Å². The molecule has 1 aliphatic rings. The van der Waals surface area contributed by atoms with Gasteiger partial charge in [-0.25, -0.2) is 0 Å². The number of rotatable bonds is 4. The maximum atomic E-state index is 12.6. The normalized spacial score (nSPS) is 21.4. The molecule has 2 rings (SSSR count). The number of hydrogen-bond donors (Lipinski definition) is 1. The van der Waals surface area contributed by atoms with Crippen molar-refractivity contribution in [1.82, 2.24) is 4.90 Å². The molecule has 7 heteroatoms. The van der Waals surface area contributed by atoms with Gasteiger partial charge in [-0.3, -0.25) is 4.79 Å². The van der Waals surface area contributed by atoms with Gasteiger partial charge >= 0.3 is 6.61 Å². The van der Waals surface area contributed by atoms with Gasteiger partial charge in [-0.2, -0.15) is 8.78 Å². The molecule has 0 spiro atoms. The number of benzene rings is 1. The van der Waals surface area contributed by atoms with Gasteiger partial charge in [0.1, 0.15) is 5.75 Å². The lowest BCUT2D eigenvalue weighted by molar-refractivity contribution is -0.0499. The number of carbonyl (C=O) groups excluding carboxylic acids is 1. The third kappa shape index (κ3) is 4.30. The van der Waals surface area contributed by atoms with Crippen LogP contribution in [0.25, 0.3) is 0 Å². The molecular weight excluding hydrogens is 314 g/mol. The summed E-state index contributed by atoms with van der Waals surface area (Å²) in [7, 11) is 0. The van der Waals surface area contributed by atoms with E-state index in [0.717, 1.165) is 12.8 Å². The lowest BCUT2D eigenvalue weighted by Crippen LogP contribution is -2.51.